The molecule has 0 aromatic heterocycles. The van der Waals surface area contributed by atoms with Crippen LogP contribution < -0.4 is 5.32 Å². The van der Waals surface area contributed by atoms with Crippen molar-refractivity contribution in [3.05, 3.63) is 0 Å². The van der Waals surface area contributed by atoms with Crippen molar-refractivity contribution in [1.29, 1.82) is 0 Å². The van der Waals surface area contributed by atoms with E-state index in [0.29, 0.717) is 5.41 Å². The van der Waals surface area contributed by atoms with E-state index in [9.17, 15) is 0 Å². The van der Waals surface area contributed by atoms with Gasteiger partial charge in [0.15, 0.2) is 0 Å². The Bertz CT molecular complexity index is 108. The Hall–Kier alpha value is -0.0400. The minimum absolute atomic E-state index is 0.450. The van der Waals surface area contributed by atoms with Crippen LogP contribution in [0.15, 0.2) is 0 Å². The Morgan fingerprint density at radius 1 is 1.25 bits per heavy atom. The van der Waals surface area contributed by atoms with Crippen molar-refractivity contribution in [2.75, 3.05) is 13.1 Å². The molecule has 0 amide bonds. The molecule has 1 unspecified atom stereocenters. The van der Waals surface area contributed by atoms with Gasteiger partial charge in [-0.2, -0.15) is 0 Å². The van der Waals surface area contributed by atoms with E-state index in [2.05, 4.69) is 39.9 Å². The van der Waals surface area contributed by atoms with Crippen LogP contribution in [0.2, 0.25) is 0 Å². The van der Waals surface area contributed by atoms with Crippen LogP contribution in [0.3, 0.4) is 0 Å². The molecule has 0 radical (unpaired) electrons. The van der Waals surface area contributed by atoms with E-state index in [0.717, 1.165) is 19.0 Å². The summed E-state index contributed by atoms with van der Waals surface area (Å²) in [5.74, 6) is 0.821. The van der Waals surface area contributed by atoms with Gasteiger partial charge in [0.05, 0.1) is 0 Å². The summed E-state index contributed by atoms with van der Waals surface area (Å²) in [5.41, 5.74) is 0.450. The molecule has 1 nitrogen and oxygen atoms in total. The van der Waals surface area contributed by atoms with E-state index in [1.165, 1.54) is 12.8 Å². The zero-order valence-electron chi connectivity index (χ0n) is 9.41. The molecule has 12 heavy (non-hydrogen) atoms. The summed E-state index contributed by atoms with van der Waals surface area (Å²) < 4.78 is 0. The Kier molecular flexibility index (Phi) is 5.56. The number of hydrogen-bond acceptors (Lipinski definition) is 1. The van der Waals surface area contributed by atoms with Crippen molar-refractivity contribution in [3.8, 4) is 0 Å². The Balaban J connectivity index is 3.81. The topological polar surface area (TPSA) is 12.0 Å². The second-order valence-electron chi connectivity index (χ2n) is 4.46. The van der Waals surface area contributed by atoms with E-state index >= 15 is 0 Å². The van der Waals surface area contributed by atoms with Crippen LogP contribution in [-0.2, 0) is 0 Å². The molecule has 0 aliphatic carbocycles. The quantitative estimate of drug-likeness (QED) is 0.647. The summed E-state index contributed by atoms with van der Waals surface area (Å²) in [6, 6.07) is 0. The van der Waals surface area contributed by atoms with Gasteiger partial charge in [-0.1, -0.05) is 47.5 Å². The molecule has 1 N–H and O–H groups in total. The average molecular weight is 171 g/mol. The fraction of sp³-hybridized carbons (Fsp3) is 1.00. The second kappa shape index (κ2) is 5.58. The summed E-state index contributed by atoms with van der Waals surface area (Å²) in [7, 11) is 0. The molecule has 0 aromatic rings. The van der Waals surface area contributed by atoms with Crippen molar-refractivity contribution in [3.63, 3.8) is 0 Å². The Labute approximate surface area is 77.9 Å². The number of rotatable bonds is 6. The van der Waals surface area contributed by atoms with E-state index in [1.807, 2.05) is 0 Å². The Morgan fingerprint density at radius 3 is 2.25 bits per heavy atom. The highest BCUT2D eigenvalue weighted by Gasteiger charge is 2.23. The standard InChI is InChI=1S/C11H25N/c1-6-8-10(3)11(4,5)9-12-7-2/h10,12H,6-9H2,1-5H3. The van der Waals surface area contributed by atoms with Crippen LogP contribution in [-0.4, -0.2) is 13.1 Å². The highest BCUT2D eigenvalue weighted by molar-refractivity contribution is 4.77. The summed E-state index contributed by atoms with van der Waals surface area (Å²) >= 11 is 0. The molecule has 0 saturated heterocycles. The highest BCUT2D eigenvalue weighted by Crippen LogP contribution is 2.28. The molecule has 0 rings (SSSR count). The van der Waals surface area contributed by atoms with Crippen LogP contribution >= 0.6 is 0 Å². The molecule has 0 heterocycles. The van der Waals surface area contributed by atoms with Crippen LogP contribution in [0, 0.1) is 11.3 Å². The van der Waals surface area contributed by atoms with Gasteiger partial charge in [-0.05, 0) is 17.9 Å². The summed E-state index contributed by atoms with van der Waals surface area (Å²) in [6.07, 6.45) is 2.65. The molecule has 0 aromatic carbocycles. The molecule has 0 saturated carbocycles. The molecule has 0 spiro atoms. The lowest BCUT2D eigenvalue weighted by Crippen LogP contribution is -2.34. The molecule has 0 aliphatic heterocycles. The first kappa shape index (κ1) is 12.0. The summed E-state index contributed by atoms with van der Waals surface area (Å²) in [6.45, 7) is 13.7. The normalized spacial score (nSPS) is 14.8. The van der Waals surface area contributed by atoms with Crippen LogP contribution in [0.1, 0.15) is 47.5 Å². The third kappa shape index (κ3) is 4.10. The van der Waals surface area contributed by atoms with Gasteiger partial charge >= 0.3 is 0 Å². The van der Waals surface area contributed by atoms with Crippen molar-refractivity contribution in [2.24, 2.45) is 11.3 Å². The van der Waals surface area contributed by atoms with E-state index in [1.54, 1.807) is 0 Å². The molecule has 0 bridgehead atoms. The zero-order chi connectivity index (χ0) is 9.61. The van der Waals surface area contributed by atoms with Crippen molar-refractivity contribution < 1.29 is 0 Å². The maximum absolute atomic E-state index is 3.43. The molecule has 0 aliphatic rings. The third-order valence-electron chi connectivity index (χ3n) is 2.89. The van der Waals surface area contributed by atoms with Crippen molar-refractivity contribution in [1.82, 2.24) is 5.32 Å². The maximum atomic E-state index is 3.43. The number of nitrogens with one attached hydrogen (secondary N) is 1. The Morgan fingerprint density at radius 2 is 1.83 bits per heavy atom. The van der Waals surface area contributed by atoms with E-state index in [-0.39, 0.29) is 0 Å². The second-order valence-corrected chi connectivity index (χ2v) is 4.46. The lowest BCUT2D eigenvalue weighted by Gasteiger charge is -2.32. The minimum Gasteiger partial charge on any atom is -0.316 e. The van der Waals surface area contributed by atoms with Gasteiger partial charge in [0.1, 0.15) is 0 Å². The van der Waals surface area contributed by atoms with Gasteiger partial charge < -0.3 is 5.32 Å². The highest BCUT2D eigenvalue weighted by atomic mass is 14.9. The van der Waals surface area contributed by atoms with Crippen molar-refractivity contribution >= 4 is 0 Å². The first-order valence-electron chi connectivity index (χ1n) is 5.25. The van der Waals surface area contributed by atoms with Gasteiger partial charge in [-0.25, -0.2) is 0 Å². The van der Waals surface area contributed by atoms with E-state index in [4.69, 9.17) is 0 Å². The predicted molar refractivity (Wildman–Crippen MR) is 56.4 cm³/mol. The summed E-state index contributed by atoms with van der Waals surface area (Å²) in [4.78, 5) is 0. The SMILES string of the molecule is CCCC(C)C(C)(C)CNCC. The van der Waals surface area contributed by atoms with Gasteiger partial charge in [-0.3, -0.25) is 0 Å². The molecule has 1 atom stereocenters. The molecular weight excluding hydrogens is 146 g/mol. The fourth-order valence-corrected chi connectivity index (χ4v) is 1.45. The minimum atomic E-state index is 0.450. The lowest BCUT2D eigenvalue weighted by molar-refractivity contribution is 0.209. The van der Waals surface area contributed by atoms with Crippen molar-refractivity contribution in [2.45, 2.75) is 47.5 Å². The van der Waals surface area contributed by atoms with Crippen LogP contribution in [0.25, 0.3) is 0 Å². The molecule has 74 valence electrons. The molecule has 0 fully saturated rings. The summed E-state index contributed by atoms with van der Waals surface area (Å²) in [5, 5.41) is 3.43. The van der Waals surface area contributed by atoms with Gasteiger partial charge in [0.25, 0.3) is 0 Å². The van der Waals surface area contributed by atoms with Crippen LogP contribution in [0.4, 0.5) is 0 Å². The van der Waals surface area contributed by atoms with Crippen LogP contribution in [0.5, 0.6) is 0 Å². The average Bonchev–Trinajstić information content (AvgIpc) is 2.01. The predicted octanol–water partition coefficient (Wildman–Crippen LogP) is 3.06. The third-order valence-corrected chi connectivity index (χ3v) is 2.89. The monoisotopic (exact) mass is 171 g/mol. The largest absolute Gasteiger partial charge is 0.316 e. The van der Waals surface area contributed by atoms with E-state index < -0.39 is 0 Å². The zero-order valence-corrected chi connectivity index (χ0v) is 9.41. The lowest BCUT2D eigenvalue weighted by atomic mass is 9.77. The first-order chi connectivity index (χ1) is 5.54. The molecule has 1 heteroatoms. The smallest absolute Gasteiger partial charge is 0.000495 e. The molecular formula is C11H25N. The first-order valence-corrected chi connectivity index (χ1v) is 5.25. The van der Waals surface area contributed by atoms with Gasteiger partial charge in [0, 0.05) is 6.54 Å². The fourth-order valence-electron chi connectivity index (χ4n) is 1.45. The number of hydrogen-bond donors (Lipinski definition) is 1. The maximum Gasteiger partial charge on any atom is 0.000495 e. The van der Waals surface area contributed by atoms with Gasteiger partial charge in [-0.15, -0.1) is 0 Å². The van der Waals surface area contributed by atoms with Gasteiger partial charge in [0.2, 0.25) is 0 Å².